The van der Waals surface area contributed by atoms with Crippen LogP contribution in [0.2, 0.25) is 0 Å². The van der Waals surface area contributed by atoms with Gasteiger partial charge in [-0.2, -0.15) is 5.10 Å². The number of rotatable bonds is 4. The van der Waals surface area contributed by atoms with Gasteiger partial charge in [0.1, 0.15) is 11.4 Å². The summed E-state index contributed by atoms with van der Waals surface area (Å²) < 4.78 is 3.53. The van der Waals surface area contributed by atoms with Crippen LogP contribution in [-0.2, 0) is 7.05 Å². The summed E-state index contributed by atoms with van der Waals surface area (Å²) in [4.78, 5) is 11.9. The number of nitrogens with zero attached hydrogens (tertiary/aromatic N) is 3. The van der Waals surface area contributed by atoms with E-state index in [1.807, 2.05) is 29.1 Å². The molecule has 0 atom stereocenters. The van der Waals surface area contributed by atoms with Crippen LogP contribution in [0.3, 0.4) is 0 Å². The molecule has 0 aliphatic heterocycles. The molecular weight excluding hydrogens is 216 g/mol. The minimum Gasteiger partial charge on any atom is -0.348 e. The Labute approximate surface area is 99.4 Å². The van der Waals surface area contributed by atoms with Crippen molar-refractivity contribution >= 4 is 5.91 Å². The van der Waals surface area contributed by atoms with Crippen molar-refractivity contribution in [1.29, 1.82) is 0 Å². The summed E-state index contributed by atoms with van der Waals surface area (Å²) in [6, 6.07) is 3.80. The Morgan fingerprint density at radius 2 is 2.24 bits per heavy atom. The fraction of sp³-hybridized carbons (Fsp3) is 0.167. The van der Waals surface area contributed by atoms with E-state index >= 15 is 0 Å². The van der Waals surface area contributed by atoms with E-state index in [0.29, 0.717) is 12.1 Å². The van der Waals surface area contributed by atoms with Crippen molar-refractivity contribution in [2.24, 2.45) is 7.05 Å². The fourth-order valence-corrected chi connectivity index (χ4v) is 1.63. The molecule has 2 aromatic heterocycles. The molecule has 0 aliphatic carbocycles. The lowest BCUT2D eigenvalue weighted by molar-refractivity contribution is 0.0958. The van der Waals surface area contributed by atoms with Gasteiger partial charge < -0.3 is 9.88 Å². The number of nitrogens with one attached hydrogen (secondary N) is 1. The number of hydrogen-bond donors (Lipinski definition) is 1. The third-order valence-corrected chi connectivity index (χ3v) is 2.41. The maximum absolute atomic E-state index is 11.9. The molecule has 0 radical (unpaired) electrons. The van der Waals surface area contributed by atoms with E-state index < -0.39 is 0 Å². The summed E-state index contributed by atoms with van der Waals surface area (Å²) in [5, 5.41) is 6.85. The molecule has 2 aromatic rings. The first-order valence-corrected chi connectivity index (χ1v) is 5.28. The molecule has 0 fully saturated rings. The zero-order valence-electron chi connectivity index (χ0n) is 9.63. The predicted octanol–water partition coefficient (Wildman–Crippen LogP) is 1.13. The van der Waals surface area contributed by atoms with Gasteiger partial charge in [0.2, 0.25) is 0 Å². The quantitative estimate of drug-likeness (QED) is 0.800. The Kier molecular flexibility index (Phi) is 3.09. The Balaban J connectivity index is 2.36. The second-order valence-corrected chi connectivity index (χ2v) is 3.59. The molecule has 0 saturated carbocycles. The summed E-state index contributed by atoms with van der Waals surface area (Å²) in [5.74, 6) is 0.596. The summed E-state index contributed by atoms with van der Waals surface area (Å²) in [6.45, 7) is 4.01. The monoisotopic (exact) mass is 230 g/mol. The van der Waals surface area contributed by atoms with Crippen molar-refractivity contribution < 1.29 is 4.79 Å². The highest BCUT2D eigenvalue weighted by Crippen LogP contribution is 2.13. The smallest absolute Gasteiger partial charge is 0.256 e. The van der Waals surface area contributed by atoms with Gasteiger partial charge in [-0.05, 0) is 12.1 Å². The molecule has 17 heavy (non-hydrogen) atoms. The van der Waals surface area contributed by atoms with Gasteiger partial charge in [-0.3, -0.25) is 9.48 Å². The molecule has 0 spiro atoms. The second kappa shape index (κ2) is 4.69. The van der Waals surface area contributed by atoms with E-state index in [2.05, 4.69) is 17.0 Å². The van der Waals surface area contributed by atoms with E-state index in [4.69, 9.17) is 0 Å². The summed E-state index contributed by atoms with van der Waals surface area (Å²) in [7, 11) is 1.81. The van der Waals surface area contributed by atoms with Crippen molar-refractivity contribution in [2.45, 2.75) is 0 Å². The molecule has 1 N–H and O–H groups in total. The van der Waals surface area contributed by atoms with Gasteiger partial charge >= 0.3 is 0 Å². The van der Waals surface area contributed by atoms with Crippen LogP contribution >= 0.6 is 0 Å². The zero-order valence-corrected chi connectivity index (χ0v) is 9.63. The van der Waals surface area contributed by atoms with E-state index in [9.17, 15) is 4.79 Å². The topological polar surface area (TPSA) is 51.9 Å². The van der Waals surface area contributed by atoms with Gasteiger partial charge in [-0.25, -0.2) is 0 Å². The van der Waals surface area contributed by atoms with Crippen LogP contribution in [0.25, 0.3) is 5.82 Å². The SMILES string of the molecule is C=CCNC(=O)c1cnn(C)c1-n1cccc1. The predicted molar refractivity (Wildman–Crippen MR) is 65.1 cm³/mol. The highest BCUT2D eigenvalue weighted by atomic mass is 16.1. The molecule has 2 rings (SSSR count). The minimum absolute atomic E-state index is 0.151. The lowest BCUT2D eigenvalue weighted by Gasteiger charge is -2.07. The summed E-state index contributed by atoms with van der Waals surface area (Å²) >= 11 is 0. The van der Waals surface area contributed by atoms with Gasteiger partial charge in [0.15, 0.2) is 0 Å². The summed E-state index contributed by atoms with van der Waals surface area (Å²) in [6.07, 6.45) is 6.96. The van der Waals surface area contributed by atoms with Gasteiger partial charge in [-0.15, -0.1) is 6.58 Å². The third kappa shape index (κ3) is 2.13. The van der Waals surface area contributed by atoms with Crippen molar-refractivity contribution in [3.05, 3.63) is 48.9 Å². The van der Waals surface area contributed by atoms with Crippen molar-refractivity contribution in [3.8, 4) is 5.82 Å². The number of carbonyl (C=O) groups excluding carboxylic acids is 1. The standard InChI is InChI=1S/C12H14N4O/c1-3-6-13-11(17)10-9-14-15(2)12(10)16-7-4-5-8-16/h3-5,7-9H,1,6H2,2H3,(H,13,17). The van der Waals surface area contributed by atoms with Gasteiger partial charge in [0, 0.05) is 26.0 Å². The van der Waals surface area contributed by atoms with E-state index in [1.165, 1.54) is 0 Å². The van der Waals surface area contributed by atoms with E-state index in [0.717, 1.165) is 5.82 Å². The number of amides is 1. The lowest BCUT2D eigenvalue weighted by Crippen LogP contribution is -2.24. The number of aryl methyl sites for hydroxylation is 1. The molecule has 2 heterocycles. The van der Waals surface area contributed by atoms with E-state index in [1.54, 1.807) is 24.0 Å². The van der Waals surface area contributed by atoms with Gasteiger partial charge in [0.25, 0.3) is 5.91 Å². The van der Waals surface area contributed by atoms with Crippen LogP contribution in [0.15, 0.2) is 43.4 Å². The molecule has 88 valence electrons. The Hall–Kier alpha value is -2.30. The van der Waals surface area contributed by atoms with Crippen LogP contribution in [0.1, 0.15) is 10.4 Å². The van der Waals surface area contributed by atoms with Crippen molar-refractivity contribution in [2.75, 3.05) is 6.54 Å². The maximum atomic E-state index is 11.9. The molecule has 0 saturated heterocycles. The van der Waals surface area contributed by atoms with E-state index in [-0.39, 0.29) is 5.91 Å². The van der Waals surface area contributed by atoms with Gasteiger partial charge in [0.05, 0.1) is 6.20 Å². The minimum atomic E-state index is -0.151. The first-order valence-electron chi connectivity index (χ1n) is 5.28. The molecule has 0 aromatic carbocycles. The lowest BCUT2D eigenvalue weighted by atomic mass is 10.3. The normalized spacial score (nSPS) is 10.2. The molecule has 0 bridgehead atoms. The number of hydrogen-bond acceptors (Lipinski definition) is 2. The Morgan fingerprint density at radius 1 is 1.53 bits per heavy atom. The first kappa shape index (κ1) is 11.2. The van der Waals surface area contributed by atoms with Crippen LogP contribution < -0.4 is 5.32 Å². The molecule has 0 aliphatic rings. The Bertz CT molecular complexity index is 525. The number of aromatic nitrogens is 3. The fourth-order valence-electron chi connectivity index (χ4n) is 1.63. The largest absolute Gasteiger partial charge is 0.348 e. The molecular formula is C12H14N4O. The summed E-state index contributed by atoms with van der Waals surface area (Å²) in [5.41, 5.74) is 0.547. The van der Waals surface area contributed by atoms with Gasteiger partial charge in [-0.1, -0.05) is 6.08 Å². The Morgan fingerprint density at radius 3 is 2.88 bits per heavy atom. The molecule has 5 nitrogen and oxygen atoms in total. The van der Waals surface area contributed by atoms with Crippen molar-refractivity contribution in [1.82, 2.24) is 19.7 Å². The average molecular weight is 230 g/mol. The molecule has 1 amide bonds. The molecule has 5 heteroatoms. The highest BCUT2D eigenvalue weighted by Gasteiger charge is 2.16. The van der Waals surface area contributed by atoms with Crippen molar-refractivity contribution in [3.63, 3.8) is 0 Å². The number of carbonyl (C=O) groups is 1. The van der Waals surface area contributed by atoms with Crippen LogP contribution in [0.5, 0.6) is 0 Å². The third-order valence-electron chi connectivity index (χ3n) is 2.41. The average Bonchev–Trinajstić information content (AvgIpc) is 2.94. The van der Waals surface area contributed by atoms with Crippen LogP contribution in [0.4, 0.5) is 0 Å². The van der Waals surface area contributed by atoms with Crippen LogP contribution in [0, 0.1) is 0 Å². The molecule has 0 unspecified atom stereocenters. The maximum Gasteiger partial charge on any atom is 0.256 e. The highest BCUT2D eigenvalue weighted by molar-refractivity contribution is 5.97. The zero-order chi connectivity index (χ0) is 12.3. The first-order chi connectivity index (χ1) is 8.24. The van der Waals surface area contributed by atoms with Crippen LogP contribution in [-0.4, -0.2) is 26.8 Å². The second-order valence-electron chi connectivity index (χ2n) is 3.59.